The minimum atomic E-state index is -0.374. The standard InChI is InChI=1S/C13H11Cl2FN2/c1-2-3-10-12(17-7-18-13(10)15)9-5-4-8(16)6-11(9)14/h4-7H,2-3H2,1H3. The summed E-state index contributed by atoms with van der Waals surface area (Å²) in [6.07, 6.45) is 3.05. The highest BCUT2D eigenvalue weighted by molar-refractivity contribution is 6.33. The summed E-state index contributed by atoms with van der Waals surface area (Å²) in [6.45, 7) is 2.04. The van der Waals surface area contributed by atoms with E-state index < -0.39 is 0 Å². The van der Waals surface area contributed by atoms with Crippen molar-refractivity contribution >= 4 is 23.2 Å². The van der Waals surface area contributed by atoms with E-state index in [1.54, 1.807) is 6.07 Å². The Kier molecular flexibility index (Phi) is 4.15. The highest BCUT2D eigenvalue weighted by Crippen LogP contribution is 2.32. The summed E-state index contributed by atoms with van der Waals surface area (Å²) in [7, 11) is 0. The van der Waals surface area contributed by atoms with Gasteiger partial charge >= 0.3 is 0 Å². The second kappa shape index (κ2) is 5.63. The van der Waals surface area contributed by atoms with Gasteiger partial charge in [0.2, 0.25) is 0 Å². The van der Waals surface area contributed by atoms with Crippen molar-refractivity contribution in [1.82, 2.24) is 9.97 Å². The number of hydrogen-bond donors (Lipinski definition) is 0. The van der Waals surface area contributed by atoms with Crippen LogP contribution in [-0.2, 0) is 6.42 Å². The molecule has 0 aliphatic carbocycles. The number of aromatic nitrogens is 2. The highest BCUT2D eigenvalue weighted by atomic mass is 35.5. The van der Waals surface area contributed by atoms with Crippen molar-refractivity contribution in [1.29, 1.82) is 0 Å². The Morgan fingerprint density at radius 1 is 1.22 bits per heavy atom. The molecular weight excluding hydrogens is 274 g/mol. The van der Waals surface area contributed by atoms with Crippen molar-refractivity contribution in [3.05, 3.63) is 46.1 Å². The van der Waals surface area contributed by atoms with Gasteiger partial charge in [0.05, 0.1) is 10.7 Å². The molecule has 0 saturated heterocycles. The van der Waals surface area contributed by atoms with Gasteiger partial charge in [-0.3, -0.25) is 0 Å². The predicted molar refractivity (Wildman–Crippen MR) is 71.4 cm³/mol. The fourth-order valence-corrected chi connectivity index (χ4v) is 2.26. The topological polar surface area (TPSA) is 25.8 Å². The van der Waals surface area contributed by atoms with Crippen molar-refractivity contribution in [3.63, 3.8) is 0 Å². The molecule has 0 aliphatic heterocycles. The largest absolute Gasteiger partial charge is 0.236 e. The molecule has 0 bridgehead atoms. The Bertz CT molecular complexity index is 573. The van der Waals surface area contributed by atoms with Gasteiger partial charge in [0.25, 0.3) is 0 Å². The van der Waals surface area contributed by atoms with Gasteiger partial charge in [-0.15, -0.1) is 0 Å². The zero-order valence-electron chi connectivity index (χ0n) is 9.75. The maximum atomic E-state index is 13.0. The van der Waals surface area contributed by atoms with Crippen LogP contribution >= 0.6 is 23.2 Å². The molecule has 0 unspecified atom stereocenters. The number of nitrogens with zero attached hydrogens (tertiary/aromatic N) is 2. The van der Waals surface area contributed by atoms with Crippen molar-refractivity contribution in [2.24, 2.45) is 0 Å². The fourth-order valence-electron chi connectivity index (χ4n) is 1.78. The molecule has 0 atom stereocenters. The molecule has 0 radical (unpaired) electrons. The number of hydrogen-bond acceptors (Lipinski definition) is 2. The third-order valence-electron chi connectivity index (χ3n) is 2.58. The maximum absolute atomic E-state index is 13.0. The van der Waals surface area contributed by atoms with Crippen LogP contribution < -0.4 is 0 Å². The van der Waals surface area contributed by atoms with E-state index in [0.29, 0.717) is 21.4 Å². The van der Waals surface area contributed by atoms with Crippen molar-refractivity contribution in [2.45, 2.75) is 19.8 Å². The summed E-state index contributed by atoms with van der Waals surface area (Å²) in [4.78, 5) is 8.18. The Balaban J connectivity index is 2.59. The third-order valence-corrected chi connectivity index (χ3v) is 3.22. The number of benzene rings is 1. The van der Waals surface area contributed by atoms with E-state index in [1.165, 1.54) is 18.5 Å². The van der Waals surface area contributed by atoms with E-state index in [1.807, 2.05) is 6.92 Å². The summed E-state index contributed by atoms with van der Waals surface area (Å²) < 4.78 is 13.0. The Morgan fingerprint density at radius 2 is 2.00 bits per heavy atom. The van der Waals surface area contributed by atoms with Gasteiger partial charge < -0.3 is 0 Å². The van der Waals surface area contributed by atoms with Gasteiger partial charge in [0.1, 0.15) is 17.3 Å². The van der Waals surface area contributed by atoms with Crippen LogP contribution in [0, 0.1) is 5.82 Å². The summed E-state index contributed by atoms with van der Waals surface area (Å²) >= 11 is 12.1. The summed E-state index contributed by atoms with van der Waals surface area (Å²) in [5, 5.41) is 0.740. The molecule has 2 rings (SSSR count). The molecule has 0 spiro atoms. The SMILES string of the molecule is CCCc1c(Cl)ncnc1-c1ccc(F)cc1Cl. The van der Waals surface area contributed by atoms with Crippen molar-refractivity contribution < 1.29 is 4.39 Å². The van der Waals surface area contributed by atoms with Gasteiger partial charge in [-0.1, -0.05) is 36.5 Å². The van der Waals surface area contributed by atoms with Crippen LogP contribution in [-0.4, -0.2) is 9.97 Å². The molecule has 0 saturated carbocycles. The zero-order valence-corrected chi connectivity index (χ0v) is 11.3. The summed E-state index contributed by atoms with van der Waals surface area (Å²) in [5.74, 6) is -0.374. The zero-order chi connectivity index (χ0) is 13.1. The molecule has 1 heterocycles. The molecule has 0 aliphatic rings. The van der Waals surface area contributed by atoms with E-state index in [2.05, 4.69) is 9.97 Å². The van der Waals surface area contributed by atoms with Gasteiger partial charge in [-0.25, -0.2) is 14.4 Å². The molecule has 1 aromatic carbocycles. The van der Waals surface area contributed by atoms with Crippen LogP contribution in [0.2, 0.25) is 10.2 Å². The van der Waals surface area contributed by atoms with Crippen LogP contribution in [0.5, 0.6) is 0 Å². The predicted octanol–water partition coefficient (Wildman–Crippen LogP) is 4.54. The first-order valence-electron chi connectivity index (χ1n) is 5.58. The Morgan fingerprint density at radius 3 is 2.67 bits per heavy atom. The van der Waals surface area contributed by atoms with Gasteiger partial charge in [0.15, 0.2) is 0 Å². The molecule has 0 fully saturated rings. The molecule has 0 amide bonds. The smallest absolute Gasteiger partial charge is 0.136 e. The van der Waals surface area contributed by atoms with E-state index in [0.717, 1.165) is 18.4 Å². The van der Waals surface area contributed by atoms with E-state index in [-0.39, 0.29) is 5.82 Å². The molecule has 18 heavy (non-hydrogen) atoms. The molecule has 5 heteroatoms. The van der Waals surface area contributed by atoms with Gasteiger partial charge in [-0.2, -0.15) is 0 Å². The quantitative estimate of drug-likeness (QED) is 0.773. The van der Waals surface area contributed by atoms with Gasteiger partial charge in [0, 0.05) is 11.1 Å². The first-order chi connectivity index (χ1) is 8.63. The average Bonchev–Trinajstić information content (AvgIpc) is 2.32. The number of halogens is 3. The van der Waals surface area contributed by atoms with Crippen LogP contribution in [0.1, 0.15) is 18.9 Å². The summed E-state index contributed by atoms with van der Waals surface area (Å²) in [5.41, 5.74) is 2.18. The minimum Gasteiger partial charge on any atom is -0.236 e. The van der Waals surface area contributed by atoms with E-state index in [9.17, 15) is 4.39 Å². The van der Waals surface area contributed by atoms with Gasteiger partial charge in [-0.05, 0) is 24.6 Å². The van der Waals surface area contributed by atoms with Crippen LogP contribution in [0.15, 0.2) is 24.5 Å². The minimum absolute atomic E-state index is 0.321. The second-order valence-corrected chi connectivity index (χ2v) is 4.63. The average molecular weight is 285 g/mol. The summed E-state index contributed by atoms with van der Waals surface area (Å²) in [6, 6.07) is 4.23. The first-order valence-corrected chi connectivity index (χ1v) is 6.34. The Labute approximate surface area is 115 Å². The lowest BCUT2D eigenvalue weighted by Crippen LogP contribution is -1.97. The fraction of sp³-hybridized carbons (Fsp3) is 0.231. The molecule has 2 nitrogen and oxygen atoms in total. The van der Waals surface area contributed by atoms with E-state index >= 15 is 0 Å². The molecule has 2 aromatic rings. The highest BCUT2D eigenvalue weighted by Gasteiger charge is 2.14. The van der Waals surface area contributed by atoms with Crippen LogP contribution in [0.3, 0.4) is 0 Å². The number of rotatable bonds is 3. The first kappa shape index (κ1) is 13.2. The molecule has 0 N–H and O–H groups in total. The second-order valence-electron chi connectivity index (χ2n) is 3.87. The normalized spacial score (nSPS) is 10.7. The molecule has 94 valence electrons. The monoisotopic (exact) mass is 284 g/mol. The maximum Gasteiger partial charge on any atom is 0.136 e. The van der Waals surface area contributed by atoms with Crippen LogP contribution in [0.4, 0.5) is 4.39 Å². The lowest BCUT2D eigenvalue weighted by Gasteiger charge is -2.10. The van der Waals surface area contributed by atoms with Crippen molar-refractivity contribution in [3.8, 4) is 11.3 Å². The third kappa shape index (κ3) is 2.62. The van der Waals surface area contributed by atoms with E-state index in [4.69, 9.17) is 23.2 Å². The Hall–Kier alpha value is -1.19. The lowest BCUT2D eigenvalue weighted by molar-refractivity contribution is 0.628. The van der Waals surface area contributed by atoms with Crippen molar-refractivity contribution in [2.75, 3.05) is 0 Å². The molecular formula is C13H11Cl2FN2. The van der Waals surface area contributed by atoms with Crippen LogP contribution in [0.25, 0.3) is 11.3 Å². The lowest BCUT2D eigenvalue weighted by atomic mass is 10.0. The molecule has 1 aromatic heterocycles.